The van der Waals surface area contributed by atoms with Crippen LogP contribution >= 0.6 is 0 Å². The van der Waals surface area contributed by atoms with Crippen molar-refractivity contribution in [3.05, 3.63) is 11.6 Å². The Morgan fingerprint density at radius 1 is 0.765 bits per heavy atom. The van der Waals surface area contributed by atoms with Gasteiger partial charge in [-0.3, -0.25) is 4.79 Å². The average Bonchev–Trinajstić information content (AvgIpc) is 3.27. The van der Waals surface area contributed by atoms with Gasteiger partial charge in [0.2, 0.25) is 12.6 Å². The van der Waals surface area contributed by atoms with Crippen LogP contribution in [-0.2, 0) is 52.3 Å². The van der Waals surface area contributed by atoms with Crippen molar-refractivity contribution in [2.24, 2.45) is 50.2 Å². The molecule has 5 aliphatic carbocycles. The van der Waals surface area contributed by atoms with Crippen molar-refractivity contribution in [1.29, 1.82) is 0 Å². The van der Waals surface area contributed by atoms with Crippen molar-refractivity contribution in [1.82, 2.24) is 0 Å². The van der Waals surface area contributed by atoms with Crippen LogP contribution in [-0.4, -0.2) is 174 Å². The molecule has 7 fully saturated rings. The summed E-state index contributed by atoms with van der Waals surface area (Å²) in [6.07, 6.45) is -11.8. The topological polar surface area (TPSA) is 335 Å². The highest BCUT2D eigenvalue weighted by Crippen LogP contribution is 2.76. The molecule has 0 spiro atoms. The first-order valence-corrected chi connectivity index (χ1v) is 23.9. The second-order valence-electron chi connectivity index (χ2n) is 22.8. The van der Waals surface area contributed by atoms with Gasteiger partial charge in [0.1, 0.15) is 49.3 Å². The van der Waals surface area contributed by atoms with Crippen LogP contribution in [0.2, 0.25) is 0 Å². The molecule has 3 saturated heterocycles. The molecule has 0 amide bonds. The van der Waals surface area contributed by atoms with Gasteiger partial charge in [0.05, 0.1) is 24.7 Å². The predicted molar refractivity (Wildman–Crippen MR) is 227 cm³/mol. The van der Waals surface area contributed by atoms with Crippen molar-refractivity contribution >= 4 is 23.9 Å². The van der Waals surface area contributed by atoms with E-state index < -0.39 is 128 Å². The Bertz CT molecular complexity index is 2010. The fourth-order valence-corrected chi connectivity index (χ4v) is 14.8. The average molecular weight is 971 g/mol. The summed E-state index contributed by atoms with van der Waals surface area (Å²) in [5, 5.41) is 105. The lowest BCUT2D eigenvalue weighted by atomic mass is 9.33. The fraction of sp³-hybridized carbons (Fsp3) is 0.872. The highest BCUT2D eigenvalue weighted by Gasteiger charge is 2.71. The summed E-state index contributed by atoms with van der Waals surface area (Å²) in [6, 6.07) is 0. The summed E-state index contributed by atoms with van der Waals surface area (Å²) >= 11 is 0. The Hall–Kier alpha value is -2.90. The monoisotopic (exact) mass is 970 g/mol. The Balaban J connectivity index is 1.05. The molecule has 0 aromatic heterocycles. The first kappa shape index (κ1) is 51.5. The predicted octanol–water partition coefficient (Wildman–Crippen LogP) is 0.644. The van der Waals surface area contributed by atoms with E-state index >= 15 is 0 Å². The molecule has 8 aliphatic rings. The largest absolute Gasteiger partial charge is 0.480 e. The van der Waals surface area contributed by atoms with Gasteiger partial charge in [0.15, 0.2) is 12.4 Å². The number of allylic oxidation sites excluding steroid dienone is 2. The minimum Gasteiger partial charge on any atom is -0.480 e. The molecule has 21 atom stereocenters. The maximum absolute atomic E-state index is 14.7. The molecule has 8 rings (SSSR count). The quantitative estimate of drug-likeness (QED) is 0.0772. The van der Waals surface area contributed by atoms with Crippen LogP contribution in [0.3, 0.4) is 0 Å². The number of aliphatic hydroxyl groups is 7. The summed E-state index contributed by atoms with van der Waals surface area (Å²) in [7, 11) is 0. The molecule has 68 heavy (non-hydrogen) atoms. The Morgan fingerprint density at radius 2 is 1.46 bits per heavy atom. The van der Waals surface area contributed by atoms with Gasteiger partial charge in [-0.2, -0.15) is 0 Å². The third-order valence-corrected chi connectivity index (χ3v) is 18.8. The van der Waals surface area contributed by atoms with Crippen LogP contribution in [0.5, 0.6) is 0 Å². The van der Waals surface area contributed by atoms with Crippen molar-refractivity contribution < 1.29 is 103 Å². The lowest BCUT2D eigenvalue weighted by Crippen LogP contribution is -2.72. The summed E-state index contributed by atoms with van der Waals surface area (Å²) in [4.78, 5) is 50.7. The minimum absolute atomic E-state index is 0.0941. The first-order valence-electron chi connectivity index (χ1n) is 23.9. The van der Waals surface area contributed by atoms with Gasteiger partial charge >= 0.3 is 29.7 Å². The molecule has 0 aromatic rings. The molecule has 0 radical (unpaired) electrons. The molecule has 3 heterocycles. The number of ether oxygens (including phenoxy) is 7. The number of carbonyl (C=O) groups excluding carboxylic acids is 1. The van der Waals surface area contributed by atoms with E-state index in [4.69, 9.17) is 33.2 Å². The normalized spacial score (nSPS) is 50.7. The number of hydrogen-bond donors (Lipinski definition) is 10. The van der Waals surface area contributed by atoms with Gasteiger partial charge < -0.3 is 84.2 Å². The number of carbonyl (C=O) groups is 4. The number of hydrogen-bond acceptors (Lipinski definition) is 18. The van der Waals surface area contributed by atoms with Crippen molar-refractivity contribution in [3.63, 3.8) is 0 Å². The molecule has 4 saturated carbocycles. The minimum atomic E-state index is -3.37. The maximum atomic E-state index is 14.7. The third kappa shape index (κ3) is 7.76. The van der Waals surface area contributed by atoms with E-state index in [1.807, 2.05) is 6.92 Å². The van der Waals surface area contributed by atoms with Crippen LogP contribution in [0.15, 0.2) is 11.6 Å². The highest BCUT2D eigenvalue weighted by atomic mass is 16.8. The smallest absolute Gasteiger partial charge is 0.369 e. The van der Waals surface area contributed by atoms with Gasteiger partial charge in [-0.05, 0) is 104 Å². The number of carboxylic acid groups (broad SMARTS) is 3. The van der Waals surface area contributed by atoms with Crippen LogP contribution in [0.25, 0.3) is 0 Å². The SMILES string of the molecule is CC1(C)CCC2(C(=O)OC3OC(CO)C(O)C(O)C3O)CCC3(C)C(=CCC4C5(C)CCC(OC6OC(C(=O)O)C7OC(O)(C(=O)O)C(OCC(=O)O)OC7C6O)C(C)(CO)C5CCC43C)C2C1. The van der Waals surface area contributed by atoms with Crippen LogP contribution in [0, 0.1) is 50.2 Å². The Kier molecular flexibility index (Phi) is 13.4. The van der Waals surface area contributed by atoms with Gasteiger partial charge in [-0.25, -0.2) is 14.4 Å². The number of esters is 1. The van der Waals surface area contributed by atoms with Gasteiger partial charge in [-0.15, -0.1) is 0 Å². The van der Waals surface area contributed by atoms with Crippen LogP contribution in [0.4, 0.5) is 0 Å². The van der Waals surface area contributed by atoms with E-state index in [0.717, 1.165) is 12.8 Å². The zero-order valence-electron chi connectivity index (χ0n) is 39.4. The van der Waals surface area contributed by atoms with Gasteiger partial charge in [-0.1, -0.05) is 53.2 Å². The lowest BCUT2D eigenvalue weighted by molar-refractivity contribution is -0.435. The molecule has 0 bridgehead atoms. The van der Waals surface area contributed by atoms with Crippen LogP contribution in [0.1, 0.15) is 106 Å². The Labute approximate surface area is 393 Å². The summed E-state index contributed by atoms with van der Waals surface area (Å²) in [6.45, 7) is 11.1. The summed E-state index contributed by atoms with van der Waals surface area (Å²) < 4.78 is 39.8. The van der Waals surface area contributed by atoms with Crippen LogP contribution < -0.4 is 0 Å². The summed E-state index contributed by atoms with van der Waals surface area (Å²) in [5.41, 5.74) is -1.89. The first-order chi connectivity index (χ1) is 31.7. The van der Waals surface area contributed by atoms with Crippen molar-refractivity contribution in [3.8, 4) is 0 Å². The zero-order valence-corrected chi connectivity index (χ0v) is 39.4. The Morgan fingerprint density at radius 3 is 2.09 bits per heavy atom. The van der Waals surface area contributed by atoms with E-state index in [-0.39, 0.29) is 46.0 Å². The molecule has 0 aromatic carbocycles. The molecule has 21 heteroatoms. The molecule has 3 aliphatic heterocycles. The van der Waals surface area contributed by atoms with E-state index in [2.05, 4.69) is 40.7 Å². The fourth-order valence-electron chi connectivity index (χ4n) is 14.8. The number of fused-ring (bicyclic) bond motifs is 8. The van der Waals surface area contributed by atoms with E-state index in [0.29, 0.717) is 51.4 Å². The maximum Gasteiger partial charge on any atom is 0.369 e. The second kappa shape index (κ2) is 17.7. The number of carboxylic acids is 3. The summed E-state index contributed by atoms with van der Waals surface area (Å²) in [5.74, 6) is -9.47. The lowest BCUT2D eigenvalue weighted by Gasteiger charge is -2.71. The molecular formula is C47H70O21. The van der Waals surface area contributed by atoms with Gasteiger partial charge in [0.25, 0.3) is 0 Å². The molecule has 10 N–H and O–H groups in total. The number of aliphatic hydroxyl groups excluding tert-OH is 6. The highest BCUT2D eigenvalue weighted by molar-refractivity contribution is 5.79. The second-order valence-corrected chi connectivity index (χ2v) is 22.8. The van der Waals surface area contributed by atoms with E-state index in [1.165, 1.54) is 5.57 Å². The third-order valence-electron chi connectivity index (χ3n) is 18.8. The molecular weight excluding hydrogens is 900 g/mol. The van der Waals surface area contributed by atoms with Crippen molar-refractivity contribution in [2.75, 3.05) is 19.8 Å². The van der Waals surface area contributed by atoms with Gasteiger partial charge in [0, 0.05) is 5.41 Å². The van der Waals surface area contributed by atoms with Crippen molar-refractivity contribution in [2.45, 2.75) is 185 Å². The molecule has 384 valence electrons. The standard InChI is InChI=1S/C47H70O21/c1-41(2)13-15-46(39(60)67-36-30(54)29(53)28(52)23(18-48)63-36)16-14-44(5)21(22(46)17-41)7-8-25-42(3)11-10-26(43(4,20-49)24(42)9-12-45(25,44)6)64-37-31(55)32-33(34(65-37)35(56)57)68-47(61,38(58)59)40(66-32)62-19-27(50)51/h7,22-26,28-34,36-37,40,48-49,52-55,61H,8-20H2,1-6H3,(H,50,51)(H,56,57)(H,58,59). The van der Waals surface area contributed by atoms with E-state index in [9.17, 15) is 70.2 Å². The molecule has 21 unspecified atom stereocenters. The van der Waals surface area contributed by atoms with E-state index in [1.54, 1.807) is 0 Å². The number of rotatable bonds is 11. The number of aliphatic carboxylic acids is 3. The molecule has 21 nitrogen and oxygen atoms in total. The zero-order chi connectivity index (χ0) is 49.9.